The summed E-state index contributed by atoms with van der Waals surface area (Å²) in [7, 11) is 2.03. The van der Waals surface area contributed by atoms with Crippen molar-refractivity contribution >= 4 is 28.2 Å². The molecule has 2 aromatic heterocycles. The van der Waals surface area contributed by atoms with Crippen LogP contribution in [0, 0.1) is 0 Å². The Labute approximate surface area is 206 Å². The number of hydrogen-bond donors (Lipinski definition) is 2. The topological polar surface area (TPSA) is 94.2 Å². The van der Waals surface area contributed by atoms with Crippen molar-refractivity contribution in [1.29, 1.82) is 0 Å². The summed E-state index contributed by atoms with van der Waals surface area (Å²) < 4.78 is 6.19. The highest BCUT2D eigenvalue weighted by Crippen LogP contribution is 2.43. The third-order valence-corrected chi connectivity index (χ3v) is 7.29. The molecule has 1 aliphatic heterocycles. The van der Waals surface area contributed by atoms with Crippen molar-refractivity contribution in [3.8, 4) is 22.8 Å². The van der Waals surface area contributed by atoms with Gasteiger partial charge in [-0.1, -0.05) is 30.3 Å². The first kappa shape index (κ1) is 23.1. The van der Waals surface area contributed by atoms with Crippen molar-refractivity contribution < 1.29 is 19.4 Å². The number of likely N-dealkylation sites (N-methyl/N-ethyl adjacent to an activating group) is 1. The summed E-state index contributed by atoms with van der Waals surface area (Å²) in [5.41, 5.74) is 1.54. The Morgan fingerprint density at radius 1 is 1.06 bits per heavy atom. The molecule has 7 nitrogen and oxygen atoms in total. The van der Waals surface area contributed by atoms with Gasteiger partial charge in [0.25, 0.3) is 0 Å². The summed E-state index contributed by atoms with van der Waals surface area (Å²) in [4.78, 5) is 30.4. The highest BCUT2D eigenvalue weighted by Gasteiger charge is 2.30. The molecule has 0 bridgehead atoms. The van der Waals surface area contributed by atoms with Crippen LogP contribution in [0.25, 0.3) is 22.3 Å². The van der Waals surface area contributed by atoms with E-state index < -0.39 is 11.3 Å². The van der Waals surface area contributed by atoms with Crippen LogP contribution in [0.15, 0.2) is 68.5 Å². The minimum Gasteiger partial charge on any atom is -0.507 e. The molecule has 2 N–H and O–H groups in total. The minimum atomic E-state index is -0.550. The maximum atomic E-state index is 13.3. The quantitative estimate of drug-likeness (QED) is 0.435. The third-order valence-electron chi connectivity index (χ3n) is 6.58. The van der Waals surface area contributed by atoms with Crippen molar-refractivity contribution in [3.63, 3.8) is 0 Å². The van der Waals surface area contributed by atoms with E-state index in [4.69, 9.17) is 4.42 Å². The molecule has 1 atom stereocenters. The lowest BCUT2D eigenvalue weighted by Crippen LogP contribution is -2.47. The van der Waals surface area contributed by atoms with Gasteiger partial charge in [-0.3, -0.25) is 9.59 Å². The average Bonchev–Trinajstić information content (AvgIpc) is 3.38. The van der Waals surface area contributed by atoms with Crippen LogP contribution < -0.4 is 5.43 Å². The molecule has 1 saturated heterocycles. The van der Waals surface area contributed by atoms with Crippen LogP contribution in [-0.4, -0.2) is 59.1 Å². The van der Waals surface area contributed by atoms with Gasteiger partial charge in [0.1, 0.15) is 28.2 Å². The van der Waals surface area contributed by atoms with Crippen LogP contribution in [0.4, 0.5) is 0 Å². The molecule has 180 valence electrons. The molecule has 3 heterocycles. The molecule has 5 rings (SSSR count). The Hall–Kier alpha value is -3.62. The second kappa shape index (κ2) is 9.56. The predicted molar refractivity (Wildman–Crippen MR) is 136 cm³/mol. The first-order chi connectivity index (χ1) is 16.9. The molecule has 0 radical (unpaired) electrons. The molecule has 0 spiro atoms. The zero-order valence-electron chi connectivity index (χ0n) is 19.3. The van der Waals surface area contributed by atoms with E-state index in [2.05, 4.69) is 4.90 Å². The molecule has 0 aliphatic carbocycles. The molecule has 1 fully saturated rings. The van der Waals surface area contributed by atoms with Gasteiger partial charge < -0.3 is 24.4 Å². The highest BCUT2D eigenvalue weighted by molar-refractivity contribution is 7.08. The molecule has 2 aromatic carbocycles. The normalized spacial score (nSPS) is 15.4. The summed E-state index contributed by atoms with van der Waals surface area (Å²) in [6, 6.07) is 13.6. The molecule has 1 aliphatic rings. The minimum absolute atomic E-state index is 0.00948. The number of nitrogens with zero attached hydrogens (tertiary/aromatic N) is 2. The van der Waals surface area contributed by atoms with Crippen LogP contribution in [0.1, 0.15) is 23.5 Å². The summed E-state index contributed by atoms with van der Waals surface area (Å²) in [5.74, 6) is -0.833. The van der Waals surface area contributed by atoms with Crippen LogP contribution in [0.5, 0.6) is 11.5 Å². The fourth-order valence-electron chi connectivity index (χ4n) is 4.62. The zero-order valence-corrected chi connectivity index (χ0v) is 20.1. The van der Waals surface area contributed by atoms with Crippen molar-refractivity contribution in [2.75, 3.05) is 33.2 Å². The van der Waals surface area contributed by atoms with E-state index in [-0.39, 0.29) is 34.8 Å². The van der Waals surface area contributed by atoms with Crippen LogP contribution in [0.3, 0.4) is 0 Å². The van der Waals surface area contributed by atoms with E-state index >= 15 is 0 Å². The summed E-state index contributed by atoms with van der Waals surface area (Å²) >= 11 is 1.49. The van der Waals surface area contributed by atoms with Crippen LogP contribution in [-0.2, 0) is 4.79 Å². The largest absolute Gasteiger partial charge is 0.507 e. The maximum Gasteiger partial charge on any atom is 0.223 e. The van der Waals surface area contributed by atoms with E-state index in [0.29, 0.717) is 30.0 Å². The van der Waals surface area contributed by atoms with E-state index in [1.807, 2.05) is 59.1 Å². The van der Waals surface area contributed by atoms with Crippen LogP contribution >= 0.6 is 11.3 Å². The lowest BCUT2D eigenvalue weighted by molar-refractivity contribution is -0.133. The van der Waals surface area contributed by atoms with Crippen molar-refractivity contribution in [1.82, 2.24) is 9.80 Å². The molecular formula is C27H26N2O5S. The SMILES string of the molecule is CN1CCN(C(=O)CC(c2ccsc2)c2c(O)cc(O)c3c(=O)cc(-c4ccccc4)oc23)CC1. The summed E-state index contributed by atoms with van der Waals surface area (Å²) in [6.45, 7) is 2.89. The molecule has 4 aromatic rings. The Balaban J connectivity index is 1.66. The zero-order chi connectivity index (χ0) is 24.5. The second-order valence-corrected chi connectivity index (χ2v) is 9.65. The number of phenols is 2. The van der Waals surface area contributed by atoms with Gasteiger partial charge in [0.05, 0.1) is 0 Å². The van der Waals surface area contributed by atoms with Crippen molar-refractivity contribution in [2.45, 2.75) is 12.3 Å². The van der Waals surface area contributed by atoms with E-state index in [0.717, 1.165) is 24.7 Å². The average molecular weight is 491 g/mol. The lowest BCUT2D eigenvalue weighted by Gasteiger charge is -2.33. The van der Waals surface area contributed by atoms with E-state index in [9.17, 15) is 19.8 Å². The number of benzene rings is 2. The summed E-state index contributed by atoms with van der Waals surface area (Å²) in [5, 5.41) is 25.4. The van der Waals surface area contributed by atoms with Gasteiger partial charge in [0.15, 0.2) is 5.43 Å². The smallest absolute Gasteiger partial charge is 0.223 e. The van der Waals surface area contributed by atoms with E-state index in [1.54, 1.807) is 0 Å². The number of hydrogen-bond acceptors (Lipinski definition) is 7. The molecule has 35 heavy (non-hydrogen) atoms. The number of carbonyl (C=O) groups is 1. The van der Waals surface area contributed by atoms with Crippen molar-refractivity contribution in [3.05, 3.63) is 80.6 Å². The molecule has 1 unspecified atom stereocenters. The standard InChI is InChI=1S/C27H26N2O5S/c1-28-8-10-29(11-9-28)24(33)13-19(18-7-12-35-16-18)25-20(30)14-21(31)26-22(32)15-23(34-27(25)26)17-5-3-2-4-6-17/h2-7,12,14-16,19,30-31H,8-11,13H2,1H3. The number of piperazine rings is 1. The number of phenolic OH excluding ortho intramolecular Hbond substituents is 2. The Bertz CT molecular complexity index is 1410. The third kappa shape index (κ3) is 4.54. The first-order valence-electron chi connectivity index (χ1n) is 11.5. The van der Waals surface area contributed by atoms with Gasteiger partial charge in [0.2, 0.25) is 5.91 Å². The lowest BCUT2D eigenvalue weighted by atomic mass is 9.87. The van der Waals surface area contributed by atoms with Gasteiger partial charge in [-0.15, -0.1) is 0 Å². The number of amides is 1. The Kier molecular flexibility index (Phi) is 6.32. The summed E-state index contributed by atoms with van der Waals surface area (Å²) in [6.07, 6.45) is 0.104. The van der Waals surface area contributed by atoms with Crippen LogP contribution in [0.2, 0.25) is 0 Å². The van der Waals surface area contributed by atoms with Crippen molar-refractivity contribution in [2.24, 2.45) is 0 Å². The van der Waals surface area contributed by atoms with Gasteiger partial charge in [-0.2, -0.15) is 11.3 Å². The maximum absolute atomic E-state index is 13.3. The number of thiophene rings is 1. The van der Waals surface area contributed by atoms with Gasteiger partial charge in [0, 0.05) is 61.8 Å². The number of carbonyl (C=O) groups excluding carboxylic acids is 1. The second-order valence-electron chi connectivity index (χ2n) is 8.87. The fraction of sp³-hybridized carbons (Fsp3) is 0.259. The highest BCUT2D eigenvalue weighted by atomic mass is 32.1. The van der Waals surface area contributed by atoms with Gasteiger partial charge in [-0.05, 0) is 29.4 Å². The molecular weight excluding hydrogens is 464 g/mol. The predicted octanol–water partition coefficient (Wildman–Crippen LogP) is 4.23. The molecule has 0 saturated carbocycles. The first-order valence-corrected chi connectivity index (χ1v) is 12.4. The Morgan fingerprint density at radius 2 is 1.80 bits per heavy atom. The monoisotopic (exact) mass is 490 g/mol. The van der Waals surface area contributed by atoms with E-state index in [1.165, 1.54) is 17.4 Å². The number of rotatable bonds is 5. The van der Waals surface area contributed by atoms with Gasteiger partial charge >= 0.3 is 0 Å². The number of fused-ring (bicyclic) bond motifs is 1. The fourth-order valence-corrected chi connectivity index (χ4v) is 5.34. The van der Waals surface area contributed by atoms with Gasteiger partial charge in [-0.25, -0.2) is 0 Å². The Morgan fingerprint density at radius 3 is 2.49 bits per heavy atom. The molecule has 8 heteroatoms. The molecule has 1 amide bonds. The number of aromatic hydroxyl groups is 2.